The van der Waals surface area contributed by atoms with Gasteiger partial charge >= 0.3 is 0 Å². The van der Waals surface area contributed by atoms with Crippen LogP contribution in [0.1, 0.15) is 19.9 Å². The SMILES string of the molecule is CC1(C)CNCC1CNc1ccnn1C1CNC1. The zero-order valence-corrected chi connectivity index (χ0v) is 11.2. The first kappa shape index (κ1) is 12.0. The Bertz CT molecular complexity index is 407. The first-order chi connectivity index (χ1) is 8.67. The zero-order chi connectivity index (χ0) is 12.6. The van der Waals surface area contributed by atoms with Crippen LogP contribution in [0.15, 0.2) is 12.3 Å². The van der Waals surface area contributed by atoms with Crippen molar-refractivity contribution in [2.45, 2.75) is 19.9 Å². The minimum Gasteiger partial charge on any atom is -0.370 e. The van der Waals surface area contributed by atoms with Crippen LogP contribution in [0.2, 0.25) is 0 Å². The van der Waals surface area contributed by atoms with E-state index < -0.39 is 0 Å². The van der Waals surface area contributed by atoms with Gasteiger partial charge in [0.05, 0.1) is 12.2 Å². The number of rotatable bonds is 4. The molecule has 100 valence electrons. The van der Waals surface area contributed by atoms with Crippen LogP contribution in [0.3, 0.4) is 0 Å². The molecule has 3 heterocycles. The maximum absolute atomic E-state index is 4.42. The molecule has 0 spiro atoms. The van der Waals surface area contributed by atoms with Gasteiger partial charge in [-0.1, -0.05) is 13.8 Å². The predicted octanol–water partition coefficient (Wildman–Crippen LogP) is 0.685. The first-order valence-corrected chi connectivity index (χ1v) is 6.86. The molecular formula is C13H23N5. The quantitative estimate of drug-likeness (QED) is 0.735. The number of hydrogen-bond donors (Lipinski definition) is 3. The lowest BCUT2D eigenvalue weighted by molar-refractivity contribution is 0.298. The summed E-state index contributed by atoms with van der Waals surface area (Å²) in [6.07, 6.45) is 1.89. The summed E-state index contributed by atoms with van der Waals surface area (Å²) in [7, 11) is 0. The van der Waals surface area contributed by atoms with E-state index in [-0.39, 0.29) is 0 Å². The minimum atomic E-state index is 0.385. The molecule has 0 aliphatic carbocycles. The average molecular weight is 249 g/mol. The van der Waals surface area contributed by atoms with Crippen LogP contribution >= 0.6 is 0 Å². The van der Waals surface area contributed by atoms with Crippen molar-refractivity contribution in [3.63, 3.8) is 0 Å². The number of aromatic nitrogens is 2. The zero-order valence-electron chi connectivity index (χ0n) is 11.2. The van der Waals surface area contributed by atoms with Crippen LogP contribution < -0.4 is 16.0 Å². The van der Waals surface area contributed by atoms with Crippen LogP contribution in [-0.4, -0.2) is 42.5 Å². The normalized spacial score (nSPS) is 27.1. The second kappa shape index (κ2) is 4.55. The predicted molar refractivity (Wildman–Crippen MR) is 72.8 cm³/mol. The van der Waals surface area contributed by atoms with Crippen molar-refractivity contribution in [3.05, 3.63) is 12.3 Å². The molecule has 0 saturated carbocycles. The molecule has 2 saturated heterocycles. The molecule has 2 aliphatic heterocycles. The van der Waals surface area contributed by atoms with Crippen LogP contribution in [0.4, 0.5) is 5.82 Å². The fourth-order valence-electron chi connectivity index (χ4n) is 2.76. The van der Waals surface area contributed by atoms with Gasteiger partial charge in [-0.25, -0.2) is 4.68 Å². The van der Waals surface area contributed by atoms with Crippen molar-refractivity contribution in [2.75, 3.05) is 38.0 Å². The van der Waals surface area contributed by atoms with Crippen molar-refractivity contribution in [1.82, 2.24) is 20.4 Å². The van der Waals surface area contributed by atoms with Crippen molar-refractivity contribution >= 4 is 5.82 Å². The van der Waals surface area contributed by atoms with E-state index in [1.165, 1.54) is 0 Å². The van der Waals surface area contributed by atoms with Gasteiger partial charge in [-0.15, -0.1) is 0 Å². The lowest BCUT2D eigenvalue weighted by Gasteiger charge is -2.30. The molecule has 3 rings (SSSR count). The Kier molecular flexibility index (Phi) is 3.03. The Hall–Kier alpha value is -1.07. The van der Waals surface area contributed by atoms with E-state index in [4.69, 9.17) is 0 Å². The van der Waals surface area contributed by atoms with Gasteiger partial charge in [0.15, 0.2) is 0 Å². The second-order valence-corrected chi connectivity index (χ2v) is 6.17. The lowest BCUT2D eigenvalue weighted by atomic mass is 9.82. The monoisotopic (exact) mass is 249 g/mol. The van der Waals surface area contributed by atoms with Gasteiger partial charge in [0.1, 0.15) is 5.82 Å². The third-order valence-electron chi connectivity index (χ3n) is 4.38. The molecule has 1 unspecified atom stereocenters. The molecule has 0 bridgehead atoms. The fourth-order valence-corrected chi connectivity index (χ4v) is 2.76. The Balaban J connectivity index is 1.61. The van der Waals surface area contributed by atoms with E-state index >= 15 is 0 Å². The molecule has 5 nitrogen and oxygen atoms in total. The largest absolute Gasteiger partial charge is 0.370 e. The van der Waals surface area contributed by atoms with E-state index in [2.05, 4.69) is 45.6 Å². The van der Waals surface area contributed by atoms with Crippen LogP contribution in [0.25, 0.3) is 0 Å². The molecular weight excluding hydrogens is 226 g/mol. The molecule has 1 aromatic rings. The first-order valence-electron chi connectivity index (χ1n) is 6.86. The molecule has 0 radical (unpaired) electrons. The van der Waals surface area contributed by atoms with Crippen LogP contribution in [-0.2, 0) is 0 Å². The number of anilines is 1. The molecule has 0 amide bonds. The third-order valence-corrected chi connectivity index (χ3v) is 4.38. The number of hydrogen-bond acceptors (Lipinski definition) is 4. The molecule has 1 atom stereocenters. The van der Waals surface area contributed by atoms with Gasteiger partial charge in [-0.05, 0) is 11.3 Å². The Morgan fingerprint density at radius 2 is 2.22 bits per heavy atom. The summed E-state index contributed by atoms with van der Waals surface area (Å²) in [5.74, 6) is 1.84. The fraction of sp³-hybridized carbons (Fsp3) is 0.769. The van der Waals surface area contributed by atoms with E-state index in [1.807, 2.05) is 6.20 Å². The summed E-state index contributed by atoms with van der Waals surface area (Å²) >= 11 is 0. The van der Waals surface area contributed by atoms with Gasteiger partial charge in [0.2, 0.25) is 0 Å². The summed E-state index contributed by atoms with van der Waals surface area (Å²) < 4.78 is 2.12. The van der Waals surface area contributed by atoms with Crippen molar-refractivity contribution in [1.29, 1.82) is 0 Å². The Morgan fingerprint density at radius 1 is 1.39 bits per heavy atom. The van der Waals surface area contributed by atoms with E-state index in [0.29, 0.717) is 17.4 Å². The molecule has 0 aromatic carbocycles. The van der Waals surface area contributed by atoms with Crippen LogP contribution in [0, 0.1) is 11.3 Å². The van der Waals surface area contributed by atoms with Crippen LogP contribution in [0.5, 0.6) is 0 Å². The highest BCUT2D eigenvalue weighted by Crippen LogP contribution is 2.30. The number of nitrogens with zero attached hydrogens (tertiary/aromatic N) is 2. The smallest absolute Gasteiger partial charge is 0.124 e. The van der Waals surface area contributed by atoms with Crippen molar-refractivity contribution in [2.24, 2.45) is 11.3 Å². The lowest BCUT2D eigenvalue weighted by Crippen LogP contribution is -2.44. The highest BCUT2D eigenvalue weighted by molar-refractivity contribution is 5.35. The molecule has 2 fully saturated rings. The number of nitrogens with one attached hydrogen (secondary N) is 3. The summed E-state index contributed by atoms with van der Waals surface area (Å²) in [5.41, 5.74) is 0.385. The highest BCUT2D eigenvalue weighted by atomic mass is 15.4. The van der Waals surface area contributed by atoms with E-state index in [1.54, 1.807) is 0 Å². The summed E-state index contributed by atoms with van der Waals surface area (Å²) in [6.45, 7) is 9.99. The molecule has 5 heteroatoms. The summed E-state index contributed by atoms with van der Waals surface area (Å²) in [6, 6.07) is 2.60. The molecule has 18 heavy (non-hydrogen) atoms. The maximum Gasteiger partial charge on any atom is 0.124 e. The average Bonchev–Trinajstić information content (AvgIpc) is 2.80. The van der Waals surface area contributed by atoms with Gasteiger partial charge in [-0.2, -0.15) is 5.10 Å². The second-order valence-electron chi connectivity index (χ2n) is 6.17. The molecule has 1 aromatic heterocycles. The Labute approximate surface area is 108 Å². The topological polar surface area (TPSA) is 53.9 Å². The van der Waals surface area contributed by atoms with Gasteiger partial charge in [0.25, 0.3) is 0 Å². The van der Waals surface area contributed by atoms with Crippen molar-refractivity contribution in [3.8, 4) is 0 Å². The van der Waals surface area contributed by atoms with Gasteiger partial charge < -0.3 is 16.0 Å². The molecule has 2 aliphatic rings. The van der Waals surface area contributed by atoms with E-state index in [0.717, 1.165) is 38.5 Å². The maximum atomic E-state index is 4.42. The summed E-state index contributed by atoms with van der Waals surface area (Å²) in [5, 5.41) is 14.8. The standard InChI is InChI=1S/C13H23N5/c1-13(2)9-15-5-10(13)6-16-12-3-4-17-18(12)11-7-14-8-11/h3-4,10-11,14-16H,5-9H2,1-2H3. The van der Waals surface area contributed by atoms with E-state index in [9.17, 15) is 0 Å². The molecule has 3 N–H and O–H groups in total. The Morgan fingerprint density at radius 3 is 2.83 bits per heavy atom. The highest BCUT2D eigenvalue weighted by Gasteiger charge is 2.34. The van der Waals surface area contributed by atoms with Crippen molar-refractivity contribution < 1.29 is 0 Å². The minimum absolute atomic E-state index is 0.385. The van der Waals surface area contributed by atoms with Gasteiger partial charge in [-0.3, -0.25) is 0 Å². The third kappa shape index (κ3) is 2.12. The summed E-state index contributed by atoms with van der Waals surface area (Å²) in [4.78, 5) is 0. The van der Waals surface area contributed by atoms with Gasteiger partial charge in [0, 0.05) is 38.8 Å².